The molecular formula is C11H15NO2. The number of amides is 2. The summed E-state index contributed by atoms with van der Waals surface area (Å²) in [6, 6.07) is 0. The molecule has 2 unspecified atom stereocenters. The van der Waals surface area contributed by atoms with Gasteiger partial charge in [0.25, 0.3) is 11.8 Å². The average Bonchev–Trinajstić information content (AvgIpc) is 2.34. The Bertz CT molecular complexity index is 311. The highest BCUT2D eigenvalue weighted by atomic mass is 16.2. The van der Waals surface area contributed by atoms with Crippen LogP contribution in [0.5, 0.6) is 0 Å². The highest BCUT2D eigenvalue weighted by Gasteiger charge is 2.40. The molecule has 3 nitrogen and oxygen atoms in total. The highest BCUT2D eigenvalue weighted by Crippen LogP contribution is 2.38. The molecule has 0 spiro atoms. The Morgan fingerprint density at radius 2 is 1.36 bits per heavy atom. The lowest BCUT2D eigenvalue weighted by molar-refractivity contribution is -0.136. The van der Waals surface area contributed by atoms with Crippen LogP contribution in [0.4, 0.5) is 0 Å². The lowest BCUT2D eigenvalue weighted by Crippen LogP contribution is -2.26. The molecule has 0 saturated heterocycles. The Hall–Kier alpha value is -1.12. The number of hydrogen-bond acceptors (Lipinski definition) is 2. The summed E-state index contributed by atoms with van der Waals surface area (Å²) in [4.78, 5) is 24.5. The van der Waals surface area contributed by atoms with Crippen LogP contribution in [0.1, 0.15) is 26.7 Å². The van der Waals surface area contributed by atoms with Crippen molar-refractivity contribution in [2.75, 3.05) is 7.05 Å². The molecule has 1 aliphatic carbocycles. The van der Waals surface area contributed by atoms with Crippen molar-refractivity contribution >= 4 is 11.8 Å². The van der Waals surface area contributed by atoms with Crippen LogP contribution in [-0.4, -0.2) is 23.8 Å². The van der Waals surface area contributed by atoms with Crippen LogP contribution in [0.3, 0.4) is 0 Å². The zero-order chi connectivity index (χ0) is 10.5. The first-order valence-corrected chi connectivity index (χ1v) is 5.06. The smallest absolute Gasteiger partial charge is 0.256 e. The average molecular weight is 193 g/mol. The SMILES string of the molecule is CC1CC2=C(CC1C)C(=O)N(C)C2=O. The van der Waals surface area contributed by atoms with Gasteiger partial charge in [0, 0.05) is 18.2 Å². The maximum absolute atomic E-state index is 11.6. The summed E-state index contributed by atoms with van der Waals surface area (Å²) in [7, 11) is 1.57. The Labute approximate surface area is 83.8 Å². The second kappa shape index (κ2) is 2.94. The van der Waals surface area contributed by atoms with Crippen LogP contribution < -0.4 is 0 Å². The Balaban J connectivity index is 2.38. The molecule has 76 valence electrons. The molecule has 0 aromatic heterocycles. The van der Waals surface area contributed by atoms with Gasteiger partial charge in [-0.25, -0.2) is 0 Å². The maximum Gasteiger partial charge on any atom is 0.256 e. The molecule has 0 aromatic carbocycles. The number of carbonyl (C=O) groups excluding carboxylic acids is 2. The fourth-order valence-electron chi connectivity index (χ4n) is 2.22. The molecule has 0 saturated carbocycles. The van der Waals surface area contributed by atoms with Crippen LogP contribution in [0.15, 0.2) is 11.1 Å². The van der Waals surface area contributed by atoms with E-state index >= 15 is 0 Å². The molecule has 3 heteroatoms. The summed E-state index contributed by atoms with van der Waals surface area (Å²) in [5.41, 5.74) is 1.53. The van der Waals surface area contributed by atoms with Gasteiger partial charge in [-0.2, -0.15) is 0 Å². The van der Waals surface area contributed by atoms with Crippen molar-refractivity contribution in [1.29, 1.82) is 0 Å². The first-order chi connectivity index (χ1) is 6.52. The number of carbonyl (C=O) groups is 2. The third-order valence-corrected chi connectivity index (χ3v) is 3.51. The van der Waals surface area contributed by atoms with Gasteiger partial charge in [-0.3, -0.25) is 14.5 Å². The molecule has 2 aliphatic rings. The standard InChI is InChI=1S/C11H15NO2/c1-6-4-8-9(5-7(6)2)11(14)12(3)10(8)13/h6-7H,4-5H2,1-3H3. The largest absolute Gasteiger partial charge is 0.278 e. The molecule has 0 radical (unpaired) electrons. The zero-order valence-corrected chi connectivity index (χ0v) is 8.83. The summed E-state index contributed by atoms with van der Waals surface area (Å²) >= 11 is 0. The van der Waals surface area contributed by atoms with Crippen molar-refractivity contribution < 1.29 is 9.59 Å². The first kappa shape index (κ1) is 9.44. The van der Waals surface area contributed by atoms with E-state index in [1.807, 2.05) is 0 Å². The van der Waals surface area contributed by atoms with Gasteiger partial charge in [0.1, 0.15) is 0 Å². The van der Waals surface area contributed by atoms with Gasteiger partial charge in [-0.05, 0) is 24.7 Å². The van der Waals surface area contributed by atoms with Crippen molar-refractivity contribution in [2.24, 2.45) is 11.8 Å². The molecule has 2 atom stereocenters. The predicted molar refractivity (Wildman–Crippen MR) is 52.4 cm³/mol. The maximum atomic E-state index is 11.6. The summed E-state index contributed by atoms with van der Waals surface area (Å²) in [5.74, 6) is 0.863. The fourth-order valence-corrected chi connectivity index (χ4v) is 2.22. The number of hydrogen-bond donors (Lipinski definition) is 0. The first-order valence-electron chi connectivity index (χ1n) is 5.06. The van der Waals surface area contributed by atoms with Crippen LogP contribution >= 0.6 is 0 Å². The Morgan fingerprint density at radius 1 is 1.00 bits per heavy atom. The lowest BCUT2D eigenvalue weighted by atomic mass is 9.78. The van der Waals surface area contributed by atoms with E-state index in [9.17, 15) is 9.59 Å². The molecule has 1 aliphatic heterocycles. The van der Waals surface area contributed by atoms with E-state index in [4.69, 9.17) is 0 Å². The van der Waals surface area contributed by atoms with Crippen LogP contribution in [0.25, 0.3) is 0 Å². The van der Waals surface area contributed by atoms with Crippen LogP contribution in [0.2, 0.25) is 0 Å². The number of likely N-dealkylation sites (N-methyl/N-ethyl adjacent to an activating group) is 1. The predicted octanol–water partition coefficient (Wildman–Crippen LogP) is 1.35. The second-order valence-electron chi connectivity index (χ2n) is 4.49. The highest BCUT2D eigenvalue weighted by molar-refractivity contribution is 6.19. The molecule has 0 N–H and O–H groups in total. The molecule has 2 amide bonds. The van der Waals surface area contributed by atoms with E-state index in [1.54, 1.807) is 7.05 Å². The molecule has 0 aromatic rings. The third-order valence-electron chi connectivity index (χ3n) is 3.51. The number of rotatable bonds is 0. The normalized spacial score (nSPS) is 32.6. The number of nitrogens with zero attached hydrogens (tertiary/aromatic N) is 1. The molecule has 2 rings (SSSR count). The van der Waals surface area contributed by atoms with E-state index in [1.165, 1.54) is 4.90 Å². The van der Waals surface area contributed by atoms with Crippen molar-refractivity contribution in [3.8, 4) is 0 Å². The molecule has 0 fully saturated rings. The topological polar surface area (TPSA) is 37.4 Å². The third kappa shape index (κ3) is 1.11. The Kier molecular flexibility index (Phi) is 1.98. The van der Waals surface area contributed by atoms with Gasteiger partial charge in [0.2, 0.25) is 0 Å². The lowest BCUT2D eigenvalue weighted by Gasteiger charge is -2.24. The van der Waals surface area contributed by atoms with Crippen LogP contribution in [-0.2, 0) is 9.59 Å². The van der Waals surface area contributed by atoms with Gasteiger partial charge in [0.05, 0.1) is 0 Å². The number of imide groups is 1. The molecule has 0 bridgehead atoms. The van der Waals surface area contributed by atoms with Crippen molar-refractivity contribution in [1.82, 2.24) is 4.90 Å². The minimum Gasteiger partial charge on any atom is -0.278 e. The van der Waals surface area contributed by atoms with E-state index in [0.717, 1.165) is 24.0 Å². The molecule has 14 heavy (non-hydrogen) atoms. The van der Waals surface area contributed by atoms with Crippen molar-refractivity contribution in [2.45, 2.75) is 26.7 Å². The van der Waals surface area contributed by atoms with Gasteiger partial charge < -0.3 is 0 Å². The quantitative estimate of drug-likeness (QED) is 0.544. The van der Waals surface area contributed by atoms with E-state index < -0.39 is 0 Å². The fraction of sp³-hybridized carbons (Fsp3) is 0.636. The monoisotopic (exact) mass is 193 g/mol. The molecule has 1 heterocycles. The zero-order valence-electron chi connectivity index (χ0n) is 8.83. The van der Waals surface area contributed by atoms with Crippen molar-refractivity contribution in [3.05, 3.63) is 11.1 Å². The molecular weight excluding hydrogens is 178 g/mol. The summed E-state index contributed by atoms with van der Waals surface area (Å²) in [6.45, 7) is 4.29. The van der Waals surface area contributed by atoms with Gasteiger partial charge in [-0.15, -0.1) is 0 Å². The summed E-state index contributed by atoms with van der Waals surface area (Å²) in [5, 5.41) is 0. The minimum absolute atomic E-state index is 0.0799. The Morgan fingerprint density at radius 3 is 1.71 bits per heavy atom. The second-order valence-corrected chi connectivity index (χ2v) is 4.49. The van der Waals surface area contributed by atoms with Gasteiger partial charge >= 0.3 is 0 Å². The van der Waals surface area contributed by atoms with E-state index in [2.05, 4.69) is 13.8 Å². The van der Waals surface area contributed by atoms with Gasteiger partial charge in [-0.1, -0.05) is 13.8 Å². The van der Waals surface area contributed by atoms with Crippen LogP contribution in [0, 0.1) is 11.8 Å². The minimum atomic E-state index is -0.0799. The van der Waals surface area contributed by atoms with Gasteiger partial charge in [0.15, 0.2) is 0 Å². The van der Waals surface area contributed by atoms with E-state index in [0.29, 0.717) is 11.8 Å². The van der Waals surface area contributed by atoms with E-state index in [-0.39, 0.29) is 11.8 Å². The van der Waals surface area contributed by atoms with Crippen molar-refractivity contribution in [3.63, 3.8) is 0 Å². The summed E-state index contributed by atoms with van der Waals surface area (Å²) in [6.07, 6.45) is 1.54. The summed E-state index contributed by atoms with van der Waals surface area (Å²) < 4.78 is 0.